The van der Waals surface area contributed by atoms with E-state index in [4.69, 9.17) is 0 Å². The van der Waals surface area contributed by atoms with Crippen LogP contribution in [0, 0.1) is 11.3 Å². The van der Waals surface area contributed by atoms with Gasteiger partial charge in [-0.1, -0.05) is 53.7 Å². The minimum Gasteiger partial charge on any atom is -0.202 e. The Balaban J connectivity index is 1.85. The highest BCUT2D eigenvalue weighted by Gasteiger charge is 2.08. The number of aromatic nitrogens is 3. The lowest BCUT2D eigenvalue weighted by Gasteiger charge is -2.02. The Hall–Kier alpha value is -3.45. The smallest absolute Gasteiger partial charge is 0.145 e. The van der Waals surface area contributed by atoms with Gasteiger partial charge in [-0.15, -0.1) is 5.10 Å². The van der Waals surface area contributed by atoms with E-state index in [9.17, 15) is 5.26 Å². The molecule has 0 unspecified atom stereocenters. The Morgan fingerprint density at radius 1 is 0.957 bits per heavy atom. The molecular formula is C19H12N4. The van der Waals surface area contributed by atoms with Gasteiger partial charge in [0.2, 0.25) is 0 Å². The van der Waals surface area contributed by atoms with Gasteiger partial charge < -0.3 is 0 Å². The van der Waals surface area contributed by atoms with Crippen molar-refractivity contribution in [2.45, 2.75) is 0 Å². The van der Waals surface area contributed by atoms with Crippen molar-refractivity contribution in [3.8, 4) is 6.07 Å². The SMILES string of the molecule is N#C/C(=C\c1ccc2ccccc2c1)n1nnc2ccccc21. The Morgan fingerprint density at radius 3 is 2.61 bits per heavy atom. The van der Waals surface area contributed by atoms with Crippen molar-refractivity contribution in [1.29, 1.82) is 5.26 Å². The highest BCUT2D eigenvalue weighted by atomic mass is 15.4. The molecule has 1 aromatic heterocycles. The number of nitriles is 1. The van der Waals surface area contributed by atoms with Crippen LogP contribution in [0.25, 0.3) is 33.6 Å². The van der Waals surface area contributed by atoms with Crippen LogP contribution in [-0.2, 0) is 0 Å². The summed E-state index contributed by atoms with van der Waals surface area (Å²) in [4.78, 5) is 0. The number of nitrogens with zero attached hydrogens (tertiary/aromatic N) is 4. The molecule has 4 heteroatoms. The molecule has 0 aliphatic rings. The van der Waals surface area contributed by atoms with Gasteiger partial charge in [-0.05, 0) is 40.6 Å². The Morgan fingerprint density at radius 2 is 1.74 bits per heavy atom. The highest BCUT2D eigenvalue weighted by molar-refractivity contribution is 5.90. The summed E-state index contributed by atoms with van der Waals surface area (Å²) in [5.74, 6) is 0. The fraction of sp³-hybridized carbons (Fsp3) is 0. The Kier molecular flexibility index (Phi) is 3.10. The van der Waals surface area contributed by atoms with E-state index < -0.39 is 0 Å². The van der Waals surface area contributed by atoms with E-state index in [0.717, 1.165) is 22.0 Å². The lowest BCUT2D eigenvalue weighted by molar-refractivity contribution is 0.848. The van der Waals surface area contributed by atoms with Gasteiger partial charge in [0.15, 0.2) is 0 Å². The molecular weight excluding hydrogens is 284 g/mol. The van der Waals surface area contributed by atoms with Crippen LogP contribution in [0.1, 0.15) is 5.56 Å². The Labute approximate surface area is 132 Å². The van der Waals surface area contributed by atoms with Crippen LogP contribution in [0.4, 0.5) is 0 Å². The van der Waals surface area contributed by atoms with Gasteiger partial charge in [-0.2, -0.15) is 5.26 Å². The predicted octanol–water partition coefficient (Wildman–Crippen LogP) is 4.11. The summed E-state index contributed by atoms with van der Waals surface area (Å²) >= 11 is 0. The number of hydrogen-bond acceptors (Lipinski definition) is 3. The molecule has 0 fully saturated rings. The summed E-state index contributed by atoms with van der Waals surface area (Å²) in [6, 6.07) is 24.1. The maximum absolute atomic E-state index is 9.52. The van der Waals surface area contributed by atoms with Crippen molar-refractivity contribution in [2.75, 3.05) is 0 Å². The molecule has 0 bridgehead atoms. The third-order valence-corrected chi connectivity index (χ3v) is 3.77. The number of allylic oxidation sites excluding steroid dienone is 1. The van der Waals surface area contributed by atoms with Gasteiger partial charge >= 0.3 is 0 Å². The number of rotatable bonds is 2. The van der Waals surface area contributed by atoms with E-state index in [-0.39, 0.29) is 0 Å². The zero-order valence-corrected chi connectivity index (χ0v) is 12.2. The maximum atomic E-state index is 9.52. The second kappa shape index (κ2) is 5.39. The molecule has 4 aromatic rings. The molecule has 108 valence electrons. The quantitative estimate of drug-likeness (QED) is 0.523. The molecule has 0 atom stereocenters. The van der Waals surface area contributed by atoms with Gasteiger partial charge in [0.25, 0.3) is 0 Å². The van der Waals surface area contributed by atoms with E-state index in [1.165, 1.54) is 5.39 Å². The number of fused-ring (bicyclic) bond motifs is 2. The van der Waals surface area contributed by atoms with Crippen molar-refractivity contribution in [1.82, 2.24) is 15.0 Å². The van der Waals surface area contributed by atoms with E-state index in [2.05, 4.69) is 40.6 Å². The van der Waals surface area contributed by atoms with Crippen molar-refractivity contribution in [3.63, 3.8) is 0 Å². The van der Waals surface area contributed by atoms with Crippen LogP contribution in [-0.4, -0.2) is 15.0 Å². The first-order chi connectivity index (χ1) is 11.3. The highest BCUT2D eigenvalue weighted by Crippen LogP contribution is 2.20. The summed E-state index contributed by atoms with van der Waals surface area (Å²) in [6.07, 6.45) is 1.83. The van der Waals surface area contributed by atoms with Crippen LogP contribution in [0.2, 0.25) is 0 Å². The summed E-state index contributed by atoms with van der Waals surface area (Å²) in [7, 11) is 0. The molecule has 3 aromatic carbocycles. The van der Waals surface area contributed by atoms with E-state index in [1.54, 1.807) is 4.68 Å². The molecule has 4 rings (SSSR count). The third kappa shape index (κ3) is 2.34. The second-order valence-electron chi connectivity index (χ2n) is 5.24. The molecule has 0 radical (unpaired) electrons. The fourth-order valence-electron chi connectivity index (χ4n) is 2.64. The van der Waals surface area contributed by atoms with Crippen LogP contribution in [0.5, 0.6) is 0 Å². The molecule has 0 aliphatic heterocycles. The zero-order chi connectivity index (χ0) is 15.6. The number of para-hydroxylation sites is 1. The standard InChI is InChI=1S/C19H12N4/c20-13-17(23-19-8-4-3-7-18(19)21-22-23)12-14-9-10-15-5-1-2-6-16(15)11-14/h1-12H/b17-12+. The average Bonchev–Trinajstić information content (AvgIpc) is 3.03. The first-order valence-electron chi connectivity index (χ1n) is 7.26. The van der Waals surface area contributed by atoms with Crippen molar-refractivity contribution in [3.05, 3.63) is 72.3 Å². The largest absolute Gasteiger partial charge is 0.202 e. The maximum Gasteiger partial charge on any atom is 0.145 e. The predicted molar refractivity (Wildman–Crippen MR) is 91.3 cm³/mol. The van der Waals surface area contributed by atoms with E-state index >= 15 is 0 Å². The first-order valence-corrected chi connectivity index (χ1v) is 7.26. The third-order valence-electron chi connectivity index (χ3n) is 3.77. The summed E-state index contributed by atoms with van der Waals surface area (Å²) in [5.41, 5.74) is 2.99. The van der Waals surface area contributed by atoms with Crippen LogP contribution in [0.3, 0.4) is 0 Å². The molecule has 0 saturated heterocycles. The molecule has 4 nitrogen and oxygen atoms in total. The zero-order valence-electron chi connectivity index (χ0n) is 12.2. The molecule has 0 saturated carbocycles. The van der Waals surface area contributed by atoms with Crippen molar-refractivity contribution >= 4 is 33.6 Å². The normalized spacial score (nSPS) is 11.7. The summed E-state index contributed by atoms with van der Waals surface area (Å²) < 4.78 is 1.57. The van der Waals surface area contributed by atoms with Crippen LogP contribution < -0.4 is 0 Å². The lowest BCUT2D eigenvalue weighted by atomic mass is 10.1. The van der Waals surface area contributed by atoms with Gasteiger partial charge in [0, 0.05) is 0 Å². The summed E-state index contributed by atoms with van der Waals surface area (Å²) in [5, 5.41) is 20.0. The van der Waals surface area contributed by atoms with Crippen LogP contribution in [0.15, 0.2) is 66.7 Å². The van der Waals surface area contributed by atoms with Gasteiger partial charge in [0.1, 0.15) is 17.3 Å². The van der Waals surface area contributed by atoms with Crippen LogP contribution >= 0.6 is 0 Å². The van der Waals surface area contributed by atoms with E-state index in [0.29, 0.717) is 5.70 Å². The monoisotopic (exact) mass is 296 g/mol. The topological polar surface area (TPSA) is 54.5 Å². The van der Waals surface area contributed by atoms with Gasteiger partial charge in [-0.25, -0.2) is 4.68 Å². The molecule has 1 heterocycles. The number of hydrogen-bond donors (Lipinski definition) is 0. The van der Waals surface area contributed by atoms with Gasteiger partial charge in [0.05, 0.1) is 5.52 Å². The number of benzene rings is 3. The molecule has 0 amide bonds. The Bertz CT molecular complexity index is 1080. The minimum atomic E-state index is 0.439. The minimum absolute atomic E-state index is 0.439. The lowest BCUT2D eigenvalue weighted by Crippen LogP contribution is -1.97. The molecule has 23 heavy (non-hydrogen) atoms. The fourth-order valence-corrected chi connectivity index (χ4v) is 2.64. The van der Waals surface area contributed by atoms with Crippen molar-refractivity contribution in [2.24, 2.45) is 0 Å². The summed E-state index contributed by atoms with van der Waals surface area (Å²) in [6.45, 7) is 0. The average molecular weight is 296 g/mol. The first kappa shape index (κ1) is 13.2. The molecule has 0 aliphatic carbocycles. The molecule has 0 spiro atoms. The van der Waals surface area contributed by atoms with Crippen molar-refractivity contribution < 1.29 is 0 Å². The second-order valence-corrected chi connectivity index (χ2v) is 5.24. The molecule has 0 N–H and O–H groups in total. The van der Waals surface area contributed by atoms with Gasteiger partial charge in [-0.3, -0.25) is 0 Å². The van der Waals surface area contributed by atoms with E-state index in [1.807, 2.05) is 48.5 Å².